The summed E-state index contributed by atoms with van der Waals surface area (Å²) in [7, 11) is 0. The van der Waals surface area contributed by atoms with E-state index in [1.165, 1.54) is 0 Å². The van der Waals surface area contributed by atoms with Gasteiger partial charge in [0, 0.05) is 25.2 Å². The van der Waals surface area contributed by atoms with Crippen LogP contribution in [0.4, 0.5) is 0 Å². The molecule has 21 heavy (non-hydrogen) atoms. The van der Waals surface area contributed by atoms with Gasteiger partial charge in [-0.1, -0.05) is 25.2 Å². The molecule has 0 spiro atoms. The Bertz CT molecular complexity index is 463. The van der Waals surface area contributed by atoms with E-state index in [1.54, 1.807) is 6.08 Å². The third kappa shape index (κ3) is 6.94. The quantitative estimate of drug-likeness (QED) is 0.420. The summed E-state index contributed by atoms with van der Waals surface area (Å²) in [6.07, 6.45) is 12.8. The number of allylic oxidation sites excluding steroid dienone is 4. The molecule has 1 rings (SSSR count). The van der Waals surface area contributed by atoms with Gasteiger partial charge in [-0.15, -0.1) is 11.8 Å². The van der Waals surface area contributed by atoms with E-state index in [-0.39, 0.29) is 24.0 Å². The Kier molecular flexibility index (Phi) is 8.19. The van der Waals surface area contributed by atoms with Gasteiger partial charge in [-0.3, -0.25) is 9.59 Å². The predicted octanol–water partition coefficient (Wildman–Crippen LogP) is 3.75. The second-order valence-corrected chi connectivity index (χ2v) is 5.31. The van der Waals surface area contributed by atoms with Crippen LogP contribution >= 0.6 is 0 Å². The summed E-state index contributed by atoms with van der Waals surface area (Å²) < 4.78 is 0. The molecule has 0 aromatic carbocycles. The monoisotopic (exact) mass is 288 g/mol. The Hall–Kier alpha value is -1.82. The number of carboxylic acids is 1. The van der Waals surface area contributed by atoms with E-state index in [9.17, 15) is 9.59 Å². The van der Waals surface area contributed by atoms with Crippen molar-refractivity contribution >= 4 is 11.8 Å². The summed E-state index contributed by atoms with van der Waals surface area (Å²) in [6, 6.07) is 0. The SMILES string of the molecule is CC/C=C\C[C@H]1C(=O)C=C[C@@H]1CC#CCCCCC(=O)O. The summed E-state index contributed by atoms with van der Waals surface area (Å²) in [6.45, 7) is 2.08. The zero-order chi connectivity index (χ0) is 15.5. The van der Waals surface area contributed by atoms with Crippen LogP contribution in [0.5, 0.6) is 0 Å². The molecule has 0 saturated heterocycles. The number of rotatable bonds is 8. The van der Waals surface area contributed by atoms with Crippen LogP contribution in [-0.2, 0) is 9.59 Å². The maximum absolute atomic E-state index is 11.8. The molecule has 0 radical (unpaired) electrons. The molecule has 0 unspecified atom stereocenters. The summed E-state index contributed by atoms with van der Waals surface area (Å²) in [4.78, 5) is 22.1. The highest BCUT2D eigenvalue weighted by Crippen LogP contribution is 2.28. The standard InChI is InChI=1S/C18H24O3/c1-2-3-7-11-16-15(13-14-17(16)19)10-8-5-4-6-9-12-18(20)21/h3,7,13-16H,2,4,6,9-12H2,1H3,(H,20,21)/b7-3-/t15-,16+/m0/s1. The van der Waals surface area contributed by atoms with Crippen molar-refractivity contribution in [2.24, 2.45) is 11.8 Å². The van der Waals surface area contributed by atoms with E-state index in [0.717, 1.165) is 25.7 Å². The molecular weight excluding hydrogens is 264 g/mol. The van der Waals surface area contributed by atoms with Crippen LogP contribution in [-0.4, -0.2) is 16.9 Å². The average Bonchev–Trinajstić information content (AvgIpc) is 2.79. The predicted molar refractivity (Wildman–Crippen MR) is 83.7 cm³/mol. The lowest BCUT2D eigenvalue weighted by molar-refractivity contribution is -0.137. The molecule has 0 aromatic rings. The van der Waals surface area contributed by atoms with E-state index in [4.69, 9.17) is 5.11 Å². The minimum Gasteiger partial charge on any atom is -0.481 e. The second kappa shape index (κ2) is 9.99. The van der Waals surface area contributed by atoms with Crippen LogP contribution < -0.4 is 0 Å². The van der Waals surface area contributed by atoms with Gasteiger partial charge < -0.3 is 5.11 Å². The first-order valence-electron chi connectivity index (χ1n) is 7.69. The second-order valence-electron chi connectivity index (χ2n) is 5.31. The number of carbonyl (C=O) groups is 2. The van der Waals surface area contributed by atoms with Crippen molar-refractivity contribution in [3.8, 4) is 11.8 Å². The molecule has 0 heterocycles. The minimum atomic E-state index is -0.749. The fourth-order valence-corrected chi connectivity index (χ4v) is 2.37. The van der Waals surface area contributed by atoms with Crippen molar-refractivity contribution in [3.63, 3.8) is 0 Å². The number of ketones is 1. The lowest BCUT2D eigenvalue weighted by Gasteiger charge is -2.13. The molecular formula is C18H24O3. The van der Waals surface area contributed by atoms with Crippen molar-refractivity contribution in [1.82, 2.24) is 0 Å². The Labute approximate surface area is 127 Å². The maximum Gasteiger partial charge on any atom is 0.303 e. The highest BCUT2D eigenvalue weighted by atomic mass is 16.4. The Morgan fingerprint density at radius 2 is 2.14 bits per heavy atom. The zero-order valence-electron chi connectivity index (χ0n) is 12.7. The highest BCUT2D eigenvalue weighted by Gasteiger charge is 2.27. The molecule has 3 nitrogen and oxygen atoms in total. The maximum atomic E-state index is 11.8. The number of hydrogen-bond acceptors (Lipinski definition) is 2. The number of unbranched alkanes of at least 4 members (excludes halogenated alkanes) is 2. The lowest BCUT2D eigenvalue weighted by Crippen LogP contribution is -2.14. The van der Waals surface area contributed by atoms with E-state index in [0.29, 0.717) is 12.8 Å². The third-order valence-corrected chi connectivity index (χ3v) is 3.59. The molecule has 0 aromatic heterocycles. The number of carboxylic acid groups (broad SMARTS) is 1. The Morgan fingerprint density at radius 1 is 1.33 bits per heavy atom. The Morgan fingerprint density at radius 3 is 2.86 bits per heavy atom. The van der Waals surface area contributed by atoms with E-state index >= 15 is 0 Å². The van der Waals surface area contributed by atoms with Crippen molar-refractivity contribution in [2.75, 3.05) is 0 Å². The summed E-state index contributed by atoms with van der Waals surface area (Å²) in [5.74, 6) is 5.95. The molecule has 3 heteroatoms. The molecule has 1 aliphatic carbocycles. The molecule has 0 bridgehead atoms. The first-order valence-corrected chi connectivity index (χ1v) is 7.69. The van der Waals surface area contributed by atoms with Crippen LogP contribution in [0, 0.1) is 23.7 Å². The van der Waals surface area contributed by atoms with Gasteiger partial charge in [0.2, 0.25) is 0 Å². The number of carbonyl (C=O) groups excluding carboxylic acids is 1. The molecule has 2 atom stereocenters. The molecule has 1 aliphatic rings. The van der Waals surface area contributed by atoms with Crippen molar-refractivity contribution in [1.29, 1.82) is 0 Å². The smallest absolute Gasteiger partial charge is 0.303 e. The van der Waals surface area contributed by atoms with Gasteiger partial charge in [0.05, 0.1) is 0 Å². The van der Waals surface area contributed by atoms with Crippen molar-refractivity contribution in [2.45, 2.75) is 51.9 Å². The van der Waals surface area contributed by atoms with Crippen molar-refractivity contribution in [3.05, 3.63) is 24.3 Å². The fourth-order valence-electron chi connectivity index (χ4n) is 2.37. The minimum absolute atomic E-state index is 0.0501. The molecule has 0 saturated carbocycles. The molecule has 0 aliphatic heterocycles. The van der Waals surface area contributed by atoms with Crippen LogP contribution in [0.2, 0.25) is 0 Å². The van der Waals surface area contributed by atoms with Crippen LogP contribution in [0.15, 0.2) is 24.3 Å². The van der Waals surface area contributed by atoms with Gasteiger partial charge >= 0.3 is 5.97 Å². The van der Waals surface area contributed by atoms with E-state index in [2.05, 4.69) is 30.9 Å². The summed E-state index contributed by atoms with van der Waals surface area (Å²) in [5, 5.41) is 8.52. The molecule has 114 valence electrons. The lowest BCUT2D eigenvalue weighted by atomic mass is 9.89. The fraction of sp³-hybridized carbons (Fsp3) is 0.556. The number of hydrogen-bond donors (Lipinski definition) is 1. The van der Waals surface area contributed by atoms with E-state index < -0.39 is 5.97 Å². The Balaban J connectivity index is 2.29. The van der Waals surface area contributed by atoms with Crippen LogP contribution in [0.1, 0.15) is 51.9 Å². The molecule has 0 fully saturated rings. The first-order chi connectivity index (χ1) is 10.1. The average molecular weight is 288 g/mol. The van der Waals surface area contributed by atoms with Gasteiger partial charge in [-0.25, -0.2) is 0 Å². The van der Waals surface area contributed by atoms with Crippen LogP contribution in [0.3, 0.4) is 0 Å². The van der Waals surface area contributed by atoms with Crippen molar-refractivity contribution < 1.29 is 14.7 Å². The van der Waals surface area contributed by atoms with Gasteiger partial charge in [0.1, 0.15) is 0 Å². The topological polar surface area (TPSA) is 54.4 Å². The summed E-state index contributed by atoms with van der Waals surface area (Å²) >= 11 is 0. The normalized spacial score (nSPS) is 20.7. The van der Waals surface area contributed by atoms with E-state index in [1.807, 2.05) is 6.08 Å². The molecule has 0 amide bonds. The van der Waals surface area contributed by atoms with Gasteiger partial charge in [0.15, 0.2) is 5.78 Å². The zero-order valence-corrected chi connectivity index (χ0v) is 12.7. The van der Waals surface area contributed by atoms with Gasteiger partial charge in [-0.2, -0.15) is 0 Å². The summed E-state index contributed by atoms with van der Waals surface area (Å²) in [5.41, 5.74) is 0. The molecule has 1 N–H and O–H groups in total. The van der Waals surface area contributed by atoms with Gasteiger partial charge in [0.25, 0.3) is 0 Å². The largest absolute Gasteiger partial charge is 0.481 e. The number of aliphatic carboxylic acids is 1. The highest BCUT2D eigenvalue weighted by molar-refractivity contribution is 5.94. The van der Waals surface area contributed by atoms with Gasteiger partial charge in [-0.05, 0) is 37.7 Å². The third-order valence-electron chi connectivity index (χ3n) is 3.59. The first kappa shape index (κ1) is 17.2. The van der Waals surface area contributed by atoms with Crippen LogP contribution in [0.25, 0.3) is 0 Å².